The van der Waals surface area contributed by atoms with Crippen LogP contribution in [0.2, 0.25) is 0 Å². The van der Waals surface area contributed by atoms with Crippen LogP contribution in [0.3, 0.4) is 0 Å². The van der Waals surface area contributed by atoms with Crippen molar-refractivity contribution in [3.8, 4) is 5.69 Å². The van der Waals surface area contributed by atoms with Gasteiger partial charge in [0, 0.05) is 18.9 Å². The molecule has 0 aliphatic heterocycles. The normalized spacial score (nSPS) is 15.7. The molecule has 3 rings (SSSR count). The molecule has 122 valence electrons. The van der Waals surface area contributed by atoms with Gasteiger partial charge in [-0.1, -0.05) is 25.3 Å². The molecule has 0 radical (unpaired) electrons. The zero-order valence-electron chi connectivity index (χ0n) is 13.3. The largest absolute Gasteiger partial charge is 0.321 e. The average molecular weight is 316 g/mol. The van der Waals surface area contributed by atoms with Crippen molar-refractivity contribution in [3.63, 3.8) is 0 Å². The van der Waals surface area contributed by atoms with Crippen molar-refractivity contribution in [2.45, 2.75) is 45.6 Å². The van der Waals surface area contributed by atoms with E-state index >= 15 is 0 Å². The van der Waals surface area contributed by atoms with Crippen LogP contribution in [0.4, 0.5) is 4.39 Å². The van der Waals surface area contributed by atoms with Crippen molar-refractivity contribution >= 4 is 0 Å². The number of nitrogens with zero attached hydrogens (tertiary/aromatic N) is 2. The Morgan fingerprint density at radius 2 is 1.83 bits per heavy atom. The Balaban J connectivity index is 1.96. The predicted molar refractivity (Wildman–Crippen MR) is 87.6 cm³/mol. The predicted octanol–water partition coefficient (Wildman–Crippen LogP) is 3.03. The van der Waals surface area contributed by atoms with Gasteiger partial charge in [0.25, 0.3) is 0 Å². The molecule has 0 bridgehead atoms. The minimum absolute atomic E-state index is 0.122. The first-order valence-electron chi connectivity index (χ1n) is 8.15. The van der Waals surface area contributed by atoms with E-state index in [0.29, 0.717) is 12.5 Å². The van der Waals surface area contributed by atoms with E-state index in [-0.39, 0.29) is 5.69 Å². The molecule has 1 aromatic heterocycles. The van der Waals surface area contributed by atoms with Gasteiger partial charge in [-0.2, -0.15) is 0 Å². The number of aryl methyl sites for hydroxylation is 1. The van der Waals surface area contributed by atoms with Crippen LogP contribution in [-0.4, -0.2) is 9.13 Å². The van der Waals surface area contributed by atoms with E-state index in [1.807, 2.05) is 6.92 Å². The Labute approximate surface area is 134 Å². The van der Waals surface area contributed by atoms with Gasteiger partial charge in [0.05, 0.1) is 5.69 Å². The third-order valence-corrected chi connectivity index (χ3v) is 4.60. The first-order valence-corrected chi connectivity index (χ1v) is 8.15. The Morgan fingerprint density at radius 3 is 2.57 bits per heavy atom. The van der Waals surface area contributed by atoms with Gasteiger partial charge in [-0.15, -0.1) is 0 Å². The van der Waals surface area contributed by atoms with Crippen LogP contribution in [0, 0.1) is 18.7 Å². The smallest absolute Gasteiger partial charge is 0.309 e. The molecule has 0 unspecified atom stereocenters. The van der Waals surface area contributed by atoms with Crippen molar-refractivity contribution in [3.05, 3.63) is 62.7 Å². The van der Waals surface area contributed by atoms with Gasteiger partial charge in [-0.25, -0.2) is 4.39 Å². The van der Waals surface area contributed by atoms with Crippen LogP contribution in [0.1, 0.15) is 37.7 Å². The number of halogens is 1. The Bertz CT molecular complexity index is 817. The molecule has 0 amide bonds. The summed E-state index contributed by atoms with van der Waals surface area (Å²) in [6, 6.07) is 4.51. The summed E-state index contributed by atoms with van der Waals surface area (Å²) < 4.78 is 16.5. The van der Waals surface area contributed by atoms with Crippen LogP contribution in [-0.2, 0) is 6.54 Å². The number of hydrogen-bond donors (Lipinski definition) is 0. The fourth-order valence-electron chi connectivity index (χ4n) is 3.30. The third-order valence-electron chi connectivity index (χ3n) is 4.60. The second-order valence-electron chi connectivity index (χ2n) is 6.39. The molecule has 0 spiro atoms. The first-order chi connectivity index (χ1) is 11.1. The van der Waals surface area contributed by atoms with E-state index in [0.717, 1.165) is 23.0 Å². The van der Waals surface area contributed by atoms with E-state index in [1.165, 1.54) is 36.1 Å². The summed E-state index contributed by atoms with van der Waals surface area (Å²) in [6.07, 6.45) is 8.91. The van der Waals surface area contributed by atoms with Crippen LogP contribution < -0.4 is 11.1 Å². The molecule has 5 heteroatoms. The zero-order valence-corrected chi connectivity index (χ0v) is 13.3. The van der Waals surface area contributed by atoms with Crippen molar-refractivity contribution in [2.24, 2.45) is 5.92 Å². The van der Waals surface area contributed by atoms with Crippen molar-refractivity contribution in [2.75, 3.05) is 0 Å². The number of rotatable bonds is 3. The lowest BCUT2D eigenvalue weighted by molar-refractivity contribution is 0.315. The van der Waals surface area contributed by atoms with E-state index in [9.17, 15) is 14.0 Å². The molecule has 1 saturated carbocycles. The molecule has 1 aromatic carbocycles. The van der Waals surface area contributed by atoms with E-state index in [2.05, 4.69) is 0 Å². The maximum absolute atomic E-state index is 14.0. The second kappa shape index (κ2) is 6.52. The van der Waals surface area contributed by atoms with Gasteiger partial charge in [0.1, 0.15) is 5.82 Å². The summed E-state index contributed by atoms with van der Waals surface area (Å²) in [6.45, 7) is 2.39. The highest BCUT2D eigenvalue weighted by molar-refractivity contribution is 5.37. The molecule has 0 saturated heterocycles. The molecular weight excluding hydrogens is 295 g/mol. The third kappa shape index (κ3) is 3.28. The topological polar surface area (TPSA) is 44.0 Å². The maximum Gasteiger partial charge on any atom is 0.321 e. The molecule has 1 heterocycles. The van der Waals surface area contributed by atoms with E-state index in [4.69, 9.17) is 0 Å². The van der Waals surface area contributed by atoms with Gasteiger partial charge in [-0.05, 0) is 43.4 Å². The second-order valence-corrected chi connectivity index (χ2v) is 6.39. The number of hydrogen-bond acceptors (Lipinski definition) is 2. The van der Waals surface area contributed by atoms with Crippen LogP contribution in [0.15, 0.2) is 40.2 Å². The highest BCUT2D eigenvalue weighted by Crippen LogP contribution is 2.24. The minimum Gasteiger partial charge on any atom is -0.309 e. The van der Waals surface area contributed by atoms with Crippen molar-refractivity contribution in [1.29, 1.82) is 0 Å². The molecular formula is C18H21FN2O2. The number of benzene rings is 1. The average Bonchev–Trinajstić information content (AvgIpc) is 2.56. The van der Waals surface area contributed by atoms with Gasteiger partial charge >= 0.3 is 11.1 Å². The summed E-state index contributed by atoms with van der Waals surface area (Å²) >= 11 is 0. The van der Waals surface area contributed by atoms with Crippen LogP contribution >= 0.6 is 0 Å². The first kappa shape index (κ1) is 15.7. The van der Waals surface area contributed by atoms with E-state index in [1.54, 1.807) is 18.3 Å². The summed E-state index contributed by atoms with van der Waals surface area (Å²) in [7, 11) is 0. The minimum atomic E-state index is -0.701. The Morgan fingerprint density at radius 1 is 1.09 bits per heavy atom. The fourth-order valence-corrected chi connectivity index (χ4v) is 3.30. The summed E-state index contributed by atoms with van der Waals surface area (Å²) in [5.74, 6) is -0.0606. The zero-order chi connectivity index (χ0) is 16.4. The standard InChI is InChI=1S/C18H21FN2O2/c1-13-7-8-15(19)16(11-13)21-10-9-20(17(22)18(21)23)12-14-5-3-2-4-6-14/h7-11,14H,2-6,12H2,1H3. The monoisotopic (exact) mass is 316 g/mol. The number of aromatic nitrogens is 2. The van der Waals surface area contributed by atoms with E-state index < -0.39 is 16.9 Å². The Hall–Kier alpha value is -2.17. The molecule has 1 aliphatic carbocycles. The summed E-state index contributed by atoms with van der Waals surface area (Å²) in [4.78, 5) is 24.7. The maximum atomic E-state index is 14.0. The fraction of sp³-hybridized carbons (Fsp3) is 0.444. The lowest BCUT2D eigenvalue weighted by Gasteiger charge is -2.22. The summed E-state index contributed by atoms with van der Waals surface area (Å²) in [5, 5.41) is 0. The lowest BCUT2D eigenvalue weighted by atomic mass is 9.89. The van der Waals surface area contributed by atoms with Gasteiger partial charge < -0.3 is 4.57 Å². The molecule has 1 aliphatic rings. The highest BCUT2D eigenvalue weighted by Gasteiger charge is 2.16. The highest BCUT2D eigenvalue weighted by atomic mass is 19.1. The van der Waals surface area contributed by atoms with Crippen LogP contribution in [0.5, 0.6) is 0 Å². The quantitative estimate of drug-likeness (QED) is 0.817. The molecule has 4 nitrogen and oxygen atoms in total. The molecule has 0 N–H and O–H groups in total. The van der Waals surface area contributed by atoms with Gasteiger partial charge in [0.15, 0.2) is 0 Å². The molecule has 1 fully saturated rings. The van der Waals surface area contributed by atoms with Crippen molar-refractivity contribution in [1.82, 2.24) is 9.13 Å². The lowest BCUT2D eigenvalue weighted by Crippen LogP contribution is -2.41. The van der Waals surface area contributed by atoms with Crippen LogP contribution in [0.25, 0.3) is 5.69 Å². The van der Waals surface area contributed by atoms with Gasteiger partial charge in [0.2, 0.25) is 0 Å². The van der Waals surface area contributed by atoms with Gasteiger partial charge in [-0.3, -0.25) is 14.2 Å². The van der Waals surface area contributed by atoms with Crippen molar-refractivity contribution < 1.29 is 4.39 Å². The SMILES string of the molecule is Cc1ccc(F)c(-n2ccn(CC3CCCCC3)c(=O)c2=O)c1. The molecule has 23 heavy (non-hydrogen) atoms. The molecule has 0 atom stereocenters. The molecule has 2 aromatic rings. The summed E-state index contributed by atoms with van der Waals surface area (Å²) in [5.41, 5.74) is -0.330. The Kier molecular flexibility index (Phi) is 4.46.